The number of carboxylic acids is 1. The molecule has 5 nitrogen and oxygen atoms in total. The van der Waals surface area contributed by atoms with Crippen LogP contribution in [0, 0.1) is 0 Å². The zero-order chi connectivity index (χ0) is 25.3. The number of rotatable bonds is 11. The number of oxime groups is 1. The van der Waals surface area contributed by atoms with E-state index in [9.17, 15) is 18.0 Å². The number of hydrogen-bond acceptors (Lipinski definition) is 4. The van der Waals surface area contributed by atoms with E-state index in [0.29, 0.717) is 36.3 Å². The van der Waals surface area contributed by atoms with Gasteiger partial charge in [-0.1, -0.05) is 71.9 Å². The summed E-state index contributed by atoms with van der Waals surface area (Å²) >= 11 is 0. The molecule has 0 aromatic heterocycles. The van der Waals surface area contributed by atoms with Gasteiger partial charge in [-0.3, -0.25) is 4.79 Å². The molecule has 0 aliphatic heterocycles. The van der Waals surface area contributed by atoms with Crippen LogP contribution in [-0.4, -0.2) is 23.3 Å². The summed E-state index contributed by atoms with van der Waals surface area (Å²) in [6, 6.07) is 20.3. The molecule has 0 fully saturated rings. The van der Waals surface area contributed by atoms with Gasteiger partial charge in [0.15, 0.2) is 0 Å². The largest absolute Gasteiger partial charge is 0.481 e. The first-order chi connectivity index (χ1) is 16.7. The number of nitrogens with one attached hydrogen (secondary N) is 1. The van der Waals surface area contributed by atoms with Crippen LogP contribution >= 0.6 is 0 Å². The van der Waals surface area contributed by atoms with E-state index in [4.69, 9.17) is 9.94 Å². The van der Waals surface area contributed by atoms with E-state index in [1.807, 2.05) is 24.3 Å². The van der Waals surface area contributed by atoms with Crippen LogP contribution in [-0.2, 0) is 29.0 Å². The second-order valence-electron chi connectivity index (χ2n) is 8.06. The van der Waals surface area contributed by atoms with E-state index in [1.54, 1.807) is 43.3 Å². The van der Waals surface area contributed by atoms with Crippen molar-refractivity contribution in [3.05, 3.63) is 95.1 Å². The Kier molecular flexibility index (Phi) is 9.03. The molecule has 0 bridgehead atoms. The normalized spacial score (nSPS) is 11.9. The smallest absolute Gasteiger partial charge is 0.417 e. The van der Waals surface area contributed by atoms with Crippen LogP contribution in [0.4, 0.5) is 13.2 Å². The summed E-state index contributed by atoms with van der Waals surface area (Å²) in [5.74, 6) is -0.807. The number of benzene rings is 3. The molecule has 3 aromatic rings. The number of nitrogens with zero attached hydrogens (tertiary/aromatic N) is 1. The van der Waals surface area contributed by atoms with Crippen molar-refractivity contribution in [3.63, 3.8) is 0 Å². The highest BCUT2D eigenvalue weighted by molar-refractivity contribution is 5.98. The Morgan fingerprint density at radius 1 is 1.00 bits per heavy atom. The second kappa shape index (κ2) is 12.2. The summed E-state index contributed by atoms with van der Waals surface area (Å²) in [4.78, 5) is 15.9. The zero-order valence-corrected chi connectivity index (χ0v) is 19.3. The predicted molar refractivity (Wildman–Crippen MR) is 129 cm³/mol. The Morgan fingerprint density at radius 2 is 1.69 bits per heavy atom. The fraction of sp³-hybridized carbons (Fsp3) is 0.259. The van der Waals surface area contributed by atoms with Crippen molar-refractivity contribution < 1.29 is 27.9 Å². The number of alkyl halides is 3. The fourth-order valence-electron chi connectivity index (χ4n) is 3.50. The van der Waals surface area contributed by atoms with Crippen molar-refractivity contribution in [2.45, 2.75) is 39.1 Å². The molecule has 0 spiro atoms. The summed E-state index contributed by atoms with van der Waals surface area (Å²) < 4.78 is 41.0. The van der Waals surface area contributed by atoms with Crippen molar-refractivity contribution in [3.8, 4) is 11.1 Å². The van der Waals surface area contributed by atoms with Crippen LogP contribution < -0.4 is 5.32 Å². The quantitative estimate of drug-likeness (QED) is 0.191. The minimum Gasteiger partial charge on any atom is -0.481 e. The maximum Gasteiger partial charge on any atom is 0.417 e. The van der Waals surface area contributed by atoms with Gasteiger partial charge in [0.25, 0.3) is 0 Å². The van der Waals surface area contributed by atoms with Crippen molar-refractivity contribution in [1.29, 1.82) is 0 Å². The van der Waals surface area contributed by atoms with Gasteiger partial charge in [0.1, 0.15) is 6.61 Å². The first-order valence-electron chi connectivity index (χ1n) is 11.2. The lowest BCUT2D eigenvalue weighted by molar-refractivity contribution is -0.138. The molecule has 35 heavy (non-hydrogen) atoms. The molecule has 184 valence electrons. The third-order valence-corrected chi connectivity index (χ3v) is 5.35. The van der Waals surface area contributed by atoms with Crippen LogP contribution in [0.5, 0.6) is 0 Å². The first-order valence-corrected chi connectivity index (χ1v) is 11.2. The Morgan fingerprint density at radius 3 is 2.34 bits per heavy atom. The lowest BCUT2D eigenvalue weighted by atomic mass is 9.97. The van der Waals surface area contributed by atoms with Gasteiger partial charge >= 0.3 is 12.1 Å². The number of hydrogen-bond donors (Lipinski definition) is 2. The molecule has 0 heterocycles. The van der Waals surface area contributed by atoms with E-state index in [0.717, 1.165) is 17.2 Å². The molecular weight excluding hydrogens is 457 g/mol. The Hall–Kier alpha value is -3.65. The van der Waals surface area contributed by atoms with Crippen LogP contribution in [0.25, 0.3) is 11.1 Å². The van der Waals surface area contributed by atoms with Gasteiger partial charge in [-0.15, -0.1) is 0 Å². The first kappa shape index (κ1) is 26.0. The fourth-order valence-corrected chi connectivity index (χ4v) is 3.50. The lowest BCUT2D eigenvalue weighted by Gasteiger charge is -2.14. The molecule has 0 aliphatic carbocycles. The maximum absolute atomic E-state index is 13.7. The monoisotopic (exact) mass is 484 g/mol. The zero-order valence-electron chi connectivity index (χ0n) is 19.3. The number of carbonyl (C=O) groups is 1. The maximum atomic E-state index is 13.7. The van der Waals surface area contributed by atoms with E-state index in [1.165, 1.54) is 6.07 Å². The highest BCUT2D eigenvalue weighted by atomic mass is 19.4. The molecule has 0 amide bonds. The lowest BCUT2D eigenvalue weighted by Crippen LogP contribution is -2.15. The average Bonchev–Trinajstić information content (AvgIpc) is 2.84. The highest BCUT2D eigenvalue weighted by Gasteiger charge is 2.34. The van der Waals surface area contributed by atoms with Crippen molar-refractivity contribution in [1.82, 2.24) is 5.32 Å². The van der Waals surface area contributed by atoms with Gasteiger partial charge < -0.3 is 15.3 Å². The molecule has 8 heteroatoms. The SMILES string of the molecule is C/C(=N/OCc1ccc(-c2ccccc2)c(C(F)(F)F)c1)c1ccc(CNCCCC(=O)O)cc1. The van der Waals surface area contributed by atoms with Crippen LogP contribution in [0.15, 0.2) is 78.0 Å². The van der Waals surface area contributed by atoms with Gasteiger partial charge in [-0.25, -0.2) is 0 Å². The molecule has 0 saturated heterocycles. The van der Waals surface area contributed by atoms with E-state index >= 15 is 0 Å². The summed E-state index contributed by atoms with van der Waals surface area (Å²) in [5, 5.41) is 15.9. The molecule has 0 radical (unpaired) electrons. The van der Waals surface area contributed by atoms with Crippen LogP contribution in [0.2, 0.25) is 0 Å². The Bertz CT molecular complexity index is 1140. The molecule has 0 saturated carbocycles. The van der Waals surface area contributed by atoms with Gasteiger partial charge in [0.2, 0.25) is 0 Å². The summed E-state index contributed by atoms with van der Waals surface area (Å²) in [6.07, 6.45) is -3.79. The summed E-state index contributed by atoms with van der Waals surface area (Å²) in [6.45, 7) is 2.91. The van der Waals surface area contributed by atoms with Crippen LogP contribution in [0.3, 0.4) is 0 Å². The topological polar surface area (TPSA) is 70.9 Å². The van der Waals surface area contributed by atoms with Crippen molar-refractivity contribution in [2.24, 2.45) is 5.16 Å². The molecule has 0 aliphatic rings. The minimum atomic E-state index is -4.49. The third-order valence-electron chi connectivity index (χ3n) is 5.35. The second-order valence-corrected chi connectivity index (χ2v) is 8.06. The predicted octanol–water partition coefficient (Wildman–Crippen LogP) is 6.27. The molecule has 3 aromatic carbocycles. The van der Waals surface area contributed by atoms with E-state index in [-0.39, 0.29) is 18.6 Å². The highest BCUT2D eigenvalue weighted by Crippen LogP contribution is 2.37. The Labute approximate surface area is 202 Å². The number of halogens is 3. The third kappa shape index (κ3) is 7.96. The van der Waals surface area contributed by atoms with Crippen molar-refractivity contribution >= 4 is 11.7 Å². The van der Waals surface area contributed by atoms with Gasteiger partial charge in [-0.05, 0) is 53.8 Å². The molecule has 3 rings (SSSR count). The van der Waals surface area contributed by atoms with E-state index < -0.39 is 17.7 Å². The molecule has 0 atom stereocenters. The average molecular weight is 485 g/mol. The van der Waals surface area contributed by atoms with Gasteiger partial charge in [-0.2, -0.15) is 13.2 Å². The standard InChI is InChI=1S/C27H27F3N2O3/c1-19(22-12-9-20(10-13-22)17-31-15-5-8-26(33)34)32-35-18-21-11-14-24(23-6-3-2-4-7-23)25(16-21)27(28,29)30/h2-4,6-7,9-14,16,31H,5,8,15,17-18H2,1H3,(H,33,34)/b32-19-. The van der Waals surface area contributed by atoms with Gasteiger partial charge in [0.05, 0.1) is 11.3 Å². The summed E-state index contributed by atoms with van der Waals surface area (Å²) in [5.41, 5.74) is 2.75. The number of aliphatic carboxylic acids is 1. The van der Waals surface area contributed by atoms with Gasteiger partial charge in [0, 0.05) is 13.0 Å². The summed E-state index contributed by atoms with van der Waals surface area (Å²) in [7, 11) is 0. The molecular formula is C27H27F3N2O3. The molecule has 0 unspecified atom stereocenters. The molecule has 2 N–H and O–H groups in total. The minimum absolute atomic E-state index is 0.0894. The van der Waals surface area contributed by atoms with E-state index in [2.05, 4.69) is 10.5 Å². The van der Waals surface area contributed by atoms with Crippen LogP contribution in [0.1, 0.15) is 42.0 Å². The van der Waals surface area contributed by atoms with Crippen molar-refractivity contribution in [2.75, 3.05) is 6.54 Å². The Balaban J connectivity index is 1.59. The number of carboxylic acid groups (broad SMARTS) is 1.